The summed E-state index contributed by atoms with van der Waals surface area (Å²) in [6.45, 7) is 6.20. The highest BCUT2D eigenvalue weighted by atomic mass is 19.3. The molecule has 0 amide bonds. The molecule has 0 rings (SSSR count). The van der Waals surface area contributed by atoms with Gasteiger partial charge in [-0.15, -0.1) is 0 Å². The molecule has 0 aliphatic heterocycles. The summed E-state index contributed by atoms with van der Waals surface area (Å²) in [5, 5.41) is 0. The van der Waals surface area contributed by atoms with E-state index in [4.69, 9.17) is 4.74 Å². The Kier molecular flexibility index (Phi) is 3.93. The van der Waals surface area contributed by atoms with Gasteiger partial charge in [0.2, 0.25) is 5.92 Å². The van der Waals surface area contributed by atoms with Gasteiger partial charge < -0.3 is 4.74 Å². The number of hydrogen-bond donors (Lipinski definition) is 0. The summed E-state index contributed by atoms with van der Waals surface area (Å²) < 4.78 is 30.0. The molecular weight excluding hydrogens is 150 g/mol. The molecule has 0 aromatic carbocycles. The Labute approximate surface area is 66.7 Å². The number of hydrogen-bond acceptors (Lipinski definition) is 1. The van der Waals surface area contributed by atoms with E-state index < -0.39 is 11.8 Å². The molecule has 0 saturated carbocycles. The van der Waals surface area contributed by atoms with Crippen molar-refractivity contribution < 1.29 is 13.5 Å². The Bertz CT molecular complexity index is 107. The minimum absolute atomic E-state index is 0.0276. The fourth-order valence-corrected chi connectivity index (χ4v) is 0.483. The maximum Gasteiger partial charge on any atom is 0.250 e. The van der Waals surface area contributed by atoms with Crippen LogP contribution in [-0.2, 0) is 4.74 Å². The van der Waals surface area contributed by atoms with E-state index in [-0.39, 0.29) is 12.7 Å². The quantitative estimate of drug-likeness (QED) is 0.624. The monoisotopic (exact) mass is 166 g/mol. The first kappa shape index (κ1) is 10.8. The predicted molar refractivity (Wildman–Crippen MR) is 40.9 cm³/mol. The second kappa shape index (κ2) is 4.00. The highest BCUT2D eigenvalue weighted by molar-refractivity contribution is 4.67. The van der Waals surface area contributed by atoms with Crippen molar-refractivity contribution >= 4 is 0 Å². The lowest BCUT2D eigenvalue weighted by Gasteiger charge is -2.20. The van der Waals surface area contributed by atoms with E-state index in [1.807, 2.05) is 13.8 Å². The molecule has 0 fully saturated rings. The van der Waals surface area contributed by atoms with Gasteiger partial charge in [-0.3, -0.25) is 0 Å². The van der Waals surface area contributed by atoms with E-state index in [2.05, 4.69) is 0 Å². The highest BCUT2D eigenvalue weighted by Gasteiger charge is 2.30. The third-order valence-corrected chi connectivity index (χ3v) is 1.54. The molecule has 0 aromatic rings. The zero-order valence-corrected chi connectivity index (χ0v) is 7.53. The first-order valence-electron chi connectivity index (χ1n) is 3.83. The fraction of sp³-hybridized carbons (Fsp3) is 1.00. The van der Waals surface area contributed by atoms with Crippen molar-refractivity contribution in [1.82, 2.24) is 0 Å². The van der Waals surface area contributed by atoms with Crippen molar-refractivity contribution in [2.75, 3.05) is 6.61 Å². The molecule has 11 heavy (non-hydrogen) atoms. The van der Waals surface area contributed by atoms with Crippen LogP contribution in [0.25, 0.3) is 0 Å². The average molecular weight is 166 g/mol. The van der Waals surface area contributed by atoms with Gasteiger partial charge in [0, 0.05) is 5.92 Å². The van der Waals surface area contributed by atoms with Crippen molar-refractivity contribution in [3.8, 4) is 0 Å². The van der Waals surface area contributed by atoms with Crippen LogP contribution >= 0.6 is 0 Å². The van der Waals surface area contributed by atoms with Crippen molar-refractivity contribution in [3.63, 3.8) is 0 Å². The van der Waals surface area contributed by atoms with Crippen LogP contribution in [0.3, 0.4) is 0 Å². The minimum atomic E-state index is -2.63. The maximum atomic E-state index is 12.5. The molecule has 0 aliphatic rings. The third kappa shape index (κ3) is 5.13. The molecule has 3 heteroatoms. The lowest BCUT2D eigenvalue weighted by Crippen LogP contribution is -2.27. The van der Waals surface area contributed by atoms with Gasteiger partial charge in [0.15, 0.2) is 0 Å². The van der Waals surface area contributed by atoms with Crippen LogP contribution in [0.15, 0.2) is 0 Å². The van der Waals surface area contributed by atoms with Crippen LogP contribution in [-0.4, -0.2) is 18.6 Å². The summed E-state index contributed by atoms with van der Waals surface area (Å²) in [5.74, 6) is -3.33. The second-order valence-electron chi connectivity index (χ2n) is 3.24. The van der Waals surface area contributed by atoms with Crippen LogP contribution in [0.1, 0.15) is 27.7 Å². The summed E-state index contributed by atoms with van der Waals surface area (Å²) in [5.41, 5.74) is 0. The van der Waals surface area contributed by atoms with Gasteiger partial charge >= 0.3 is 0 Å². The minimum Gasteiger partial charge on any atom is -0.378 e. The zero-order chi connectivity index (χ0) is 9.07. The lowest BCUT2D eigenvalue weighted by molar-refractivity contribution is -0.0742. The van der Waals surface area contributed by atoms with Crippen molar-refractivity contribution in [2.24, 2.45) is 5.92 Å². The molecule has 0 radical (unpaired) electrons. The topological polar surface area (TPSA) is 9.23 Å². The van der Waals surface area contributed by atoms with Gasteiger partial charge in [-0.1, -0.05) is 6.92 Å². The smallest absolute Gasteiger partial charge is 0.250 e. The van der Waals surface area contributed by atoms with E-state index in [0.717, 1.165) is 6.92 Å². The predicted octanol–water partition coefficient (Wildman–Crippen LogP) is 2.70. The summed E-state index contributed by atoms with van der Waals surface area (Å²) >= 11 is 0. The van der Waals surface area contributed by atoms with Crippen LogP contribution < -0.4 is 0 Å². The van der Waals surface area contributed by atoms with Crippen LogP contribution in [0.5, 0.6) is 0 Å². The largest absolute Gasteiger partial charge is 0.378 e. The summed E-state index contributed by atoms with van der Waals surface area (Å²) in [6, 6.07) is 0. The third-order valence-electron chi connectivity index (χ3n) is 1.54. The molecule has 1 unspecified atom stereocenters. The number of halogens is 2. The van der Waals surface area contributed by atoms with Gasteiger partial charge in [0.05, 0.1) is 12.7 Å². The van der Waals surface area contributed by atoms with Gasteiger partial charge in [0.1, 0.15) is 0 Å². The van der Waals surface area contributed by atoms with E-state index in [1.54, 1.807) is 0 Å². The molecule has 0 bridgehead atoms. The molecule has 0 heterocycles. The molecule has 1 atom stereocenters. The maximum absolute atomic E-state index is 12.5. The van der Waals surface area contributed by atoms with Crippen molar-refractivity contribution in [2.45, 2.75) is 39.7 Å². The number of alkyl halides is 2. The Morgan fingerprint density at radius 1 is 1.27 bits per heavy atom. The molecular formula is C8H16F2O. The molecule has 0 N–H and O–H groups in total. The summed E-state index contributed by atoms with van der Waals surface area (Å²) in [4.78, 5) is 0. The Morgan fingerprint density at radius 2 is 1.73 bits per heavy atom. The lowest BCUT2D eigenvalue weighted by atomic mass is 10.1. The van der Waals surface area contributed by atoms with Crippen LogP contribution in [0.4, 0.5) is 8.78 Å². The molecule has 0 aromatic heterocycles. The standard InChI is InChI=1S/C8H16F2O/c1-6(2)11-5-7(3)8(4,9)10/h6-7H,5H2,1-4H3. The van der Waals surface area contributed by atoms with Gasteiger partial charge in [-0.2, -0.15) is 0 Å². The molecule has 0 saturated heterocycles. The van der Waals surface area contributed by atoms with Gasteiger partial charge in [0.25, 0.3) is 0 Å². The molecule has 0 spiro atoms. The molecule has 1 nitrogen and oxygen atoms in total. The van der Waals surface area contributed by atoms with E-state index in [1.165, 1.54) is 6.92 Å². The number of ether oxygens (including phenoxy) is 1. The molecule has 68 valence electrons. The first-order chi connectivity index (χ1) is 4.84. The van der Waals surface area contributed by atoms with Crippen LogP contribution in [0.2, 0.25) is 0 Å². The van der Waals surface area contributed by atoms with E-state index in [0.29, 0.717) is 0 Å². The second-order valence-corrected chi connectivity index (χ2v) is 3.24. The van der Waals surface area contributed by atoms with Crippen molar-refractivity contribution in [1.29, 1.82) is 0 Å². The van der Waals surface area contributed by atoms with E-state index in [9.17, 15) is 8.78 Å². The molecule has 0 aliphatic carbocycles. The summed E-state index contributed by atoms with van der Waals surface area (Å²) in [7, 11) is 0. The first-order valence-corrected chi connectivity index (χ1v) is 3.83. The Balaban J connectivity index is 3.61. The SMILES string of the molecule is CC(C)OCC(C)C(C)(F)F. The zero-order valence-electron chi connectivity index (χ0n) is 7.53. The highest BCUT2D eigenvalue weighted by Crippen LogP contribution is 2.23. The van der Waals surface area contributed by atoms with Crippen molar-refractivity contribution in [3.05, 3.63) is 0 Å². The van der Waals surface area contributed by atoms with E-state index >= 15 is 0 Å². The fourth-order valence-electron chi connectivity index (χ4n) is 0.483. The Morgan fingerprint density at radius 3 is 2.00 bits per heavy atom. The summed E-state index contributed by atoms with van der Waals surface area (Å²) in [6.07, 6.45) is 0.0276. The number of rotatable bonds is 4. The Hall–Kier alpha value is -0.180. The van der Waals surface area contributed by atoms with Crippen LogP contribution in [0, 0.1) is 5.92 Å². The average Bonchev–Trinajstić information content (AvgIpc) is 1.80. The normalized spacial score (nSPS) is 15.5. The van der Waals surface area contributed by atoms with Gasteiger partial charge in [-0.05, 0) is 20.8 Å². The van der Waals surface area contributed by atoms with Gasteiger partial charge in [-0.25, -0.2) is 8.78 Å².